The molecule has 0 radical (unpaired) electrons. The first kappa shape index (κ1) is 22.0. The fourth-order valence-corrected chi connectivity index (χ4v) is 7.43. The van der Waals surface area contributed by atoms with E-state index in [1.165, 1.54) is 9.18 Å². The molecular formula is C20H24N4O4S3. The molecule has 1 saturated heterocycles. The third-order valence-corrected chi connectivity index (χ3v) is 9.92. The number of sulfonamides is 1. The highest BCUT2D eigenvalue weighted by molar-refractivity contribution is 7.91. The Hall–Kier alpha value is -2.21. The van der Waals surface area contributed by atoms with Crippen molar-refractivity contribution in [1.82, 2.24) is 18.8 Å². The van der Waals surface area contributed by atoms with E-state index in [2.05, 4.69) is 15.6 Å². The van der Waals surface area contributed by atoms with Gasteiger partial charge in [-0.25, -0.2) is 8.42 Å². The van der Waals surface area contributed by atoms with Crippen LogP contribution < -0.4 is 4.87 Å². The van der Waals surface area contributed by atoms with Crippen molar-refractivity contribution in [2.45, 2.75) is 31.5 Å². The molecule has 1 N–H and O–H groups in total. The van der Waals surface area contributed by atoms with E-state index < -0.39 is 10.0 Å². The van der Waals surface area contributed by atoms with Crippen LogP contribution in [0.4, 0.5) is 0 Å². The van der Waals surface area contributed by atoms with Gasteiger partial charge in [-0.15, -0.1) is 11.3 Å². The van der Waals surface area contributed by atoms with E-state index in [4.69, 9.17) is 0 Å². The summed E-state index contributed by atoms with van der Waals surface area (Å²) in [7, 11) is -3.75. The number of amides is 1. The van der Waals surface area contributed by atoms with E-state index in [0.717, 1.165) is 17.9 Å². The van der Waals surface area contributed by atoms with E-state index in [9.17, 15) is 18.0 Å². The van der Waals surface area contributed by atoms with E-state index in [0.29, 0.717) is 35.7 Å². The molecule has 0 unspecified atom stereocenters. The van der Waals surface area contributed by atoms with Gasteiger partial charge in [-0.05, 0) is 38.3 Å². The lowest BCUT2D eigenvalue weighted by Crippen LogP contribution is -2.50. The summed E-state index contributed by atoms with van der Waals surface area (Å²) in [5.41, 5.74) is 2.95. The number of carbonyl (C=O) groups is 1. The Morgan fingerprint density at radius 2 is 1.87 bits per heavy atom. The Labute approximate surface area is 188 Å². The van der Waals surface area contributed by atoms with Gasteiger partial charge in [0, 0.05) is 48.1 Å². The van der Waals surface area contributed by atoms with Gasteiger partial charge in [0.2, 0.25) is 0 Å². The summed E-state index contributed by atoms with van der Waals surface area (Å²) in [5.74, 6) is -0.0786. The Balaban J connectivity index is 1.48. The molecule has 3 aromatic rings. The van der Waals surface area contributed by atoms with Crippen LogP contribution in [-0.4, -0.2) is 59.3 Å². The molecule has 1 fully saturated rings. The number of carbonyl (C=O) groups excluding carboxylic acids is 1. The predicted octanol–water partition coefficient (Wildman–Crippen LogP) is 2.42. The van der Waals surface area contributed by atoms with Crippen molar-refractivity contribution in [3.63, 3.8) is 0 Å². The number of nitrogens with one attached hydrogen (secondary N) is 1. The van der Waals surface area contributed by atoms with Crippen molar-refractivity contribution in [2.75, 3.05) is 26.2 Å². The molecule has 0 spiro atoms. The largest absolute Gasteiger partial charge is 0.343 e. The predicted molar refractivity (Wildman–Crippen MR) is 122 cm³/mol. The number of aryl methyl sites for hydroxylation is 2. The average molecular weight is 481 g/mol. The molecule has 0 aromatic carbocycles. The second-order valence-corrected chi connectivity index (χ2v) is 11.7. The van der Waals surface area contributed by atoms with E-state index >= 15 is 0 Å². The number of rotatable bonds is 5. The molecule has 4 rings (SSSR count). The zero-order chi connectivity index (χ0) is 22.3. The first-order chi connectivity index (χ1) is 14.7. The second-order valence-electron chi connectivity index (χ2n) is 7.57. The fraction of sp³-hybridized carbons (Fsp3) is 0.400. The van der Waals surface area contributed by atoms with Crippen molar-refractivity contribution >= 4 is 38.6 Å². The van der Waals surface area contributed by atoms with Crippen LogP contribution in [0.5, 0.6) is 0 Å². The Kier molecular flexibility index (Phi) is 5.95. The lowest BCUT2D eigenvalue weighted by atomic mass is 10.2. The summed E-state index contributed by atoms with van der Waals surface area (Å²) in [5, 5.41) is 2.04. The number of aromatic nitrogens is 2. The smallest absolute Gasteiger partial charge is 0.305 e. The maximum absolute atomic E-state index is 13.2. The molecule has 0 bridgehead atoms. The molecular weight excluding hydrogens is 456 g/mol. The van der Waals surface area contributed by atoms with Crippen molar-refractivity contribution in [2.24, 2.45) is 0 Å². The number of thiazole rings is 1. The lowest BCUT2D eigenvalue weighted by Gasteiger charge is -2.33. The third-order valence-electron chi connectivity index (χ3n) is 5.58. The SMILES string of the molecule is Cc1[nH]c(=O)sc1S(=O)(=O)N1CCN(C(=O)c2cc(C)n(Cc3cccs3)c2C)CC1. The number of piperazine rings is 1. The topological polar surface area (TPSA) is 95.5 Å². The molecule has 31 heavy (non-hydrogen) atoms. The standard InChI is InChI=1S/C20H24N4O4S3/c1-13-11-17(15(3)24(13)12-16-5-4-10-29-16)18(25)22-6-8-23(9-7-22)31(27,28)19-14(2)21-20(26)30-19/h4-5,10-11H,6-9,12H2,1-3H3,(H,21,26). The molecule has 0 aliphatic carbocycles. The summed E-state index contributed by atoms with van der Waals surface area (Å²) < 4.78 is 29.3. The number of hydrogen-bond donors (Lipinski definition) is 1. The molecule has 0 atom stereocenters. The third kappa shape index (κ3) is 4.14. The van der Waals surface area contributed by atoms with Crippen LogP contribution in [-0.2, 0) is 16.6 Å². The highest BCUT2D eigenvalue weighted by Crippen LogP contribution is 2.24. The van der Waals surface area contributed by atoms with Crippen molar-refractivity contribution in [1.29, 1.82) is 0 Å². The van der Waals surface area contributed by atoms with Crippen molar-refractivity contribution in [3.05, 3.63) is 60.8 Å². The normalized spacial score (nSPS) is 15.5. The van der Waals surface area contributed by atoms with E-state index in [-0.39, 0.29) is 28.1 Å². The fourth-order valence-electron chi connectivity index (χ4n) is 3.87. The quantitative estimate of drug-likeness (QED) is 0.607. The molecule has 3 aromatic heterocycles. The van der Waals surface area contributed by atoms with Crippen LogP contribution >= 0.6 is 22.7 Å². The maximum Gasteiger partial charge on any atom is 0.305 e. The zero-order valence-electron chi connectivity index (χ0n) is 17.5. The lowest BCUT2D eigenvalue weighted by molar-refractivity contribution is 0.0697. The van der Waals surface area contributed by atoms with Gasteiger partial charge in [-0.3, -0.25) is 9.59 Å². The number of aromatic amines is 1. The van der Waals surface area contributed by atoms with Crippen molar-refractivity contribution < 1.29 is 13.2 Å². The minimum Gasteiger partial charge on any atom is -0.343 e. The highest BCUT2D eigenvalue weighted by atomic mass is 32.2. The number of nitrogens with zero attached hydrogens (tertiary/aromatic N) is 3. The van der Waals surface area contributed by atoms with Crippen LogP contribution in [0.1, 0.15) is 32.3 Å². The van der Waals surface area contributed by atoms with Crippen LogP contribution in [0, 0.1) is 20.8 Å². The second kappa shape index (κ2) is 8.38. The van der Waals surface area contributed by atoms with Gasteiger partial charge >= 0.3 is 4.87 Å². The highest BCUT2D eigenvalue weighted by Gasteiger charge is 2.33. The molecule has 8 nitrogen and oxygen atoms in total. The van der Waals surface area contributed by atoms with E-state index in [1.807, 2.05) is 31.4 Å². The van der Waals surface area contributed by atoms with E-state index in [1.54, 1.807) is 23.2 Å². The monoisotopic (exact) mass is 480 g/mol. The Morgan fingerprint density at radius 3 is 2.45 bits per heavy atom. The van der Waals surface area contributed by atoms with Gasteiger partial charge in [0.25, 0.3) is 15.9 Å². The number of hydrogen-bond acceptors (Lipinski definition) is 6. The van der Waals surface area contributed by atoms with Crippen LogP contribution in [0.3, 0.4) is 0 Å². The summed E-state index contributed by atoms with van der Waals surface area (Å²) in [4.78, 5) is 29.8. The van der Waals surface area contributed by atoms with Gasteiger partial charge in [-0.2, -0.15) is 4.31 Å². The summed E-state index contributed by atoms with van der Waals surface area (Å²) in [6, 6.07) is 6.00. The molecule has 1 amide bonds. The Bertz CT molecular complexity index is 1260. The first-order valence-electron chi connectivity index (χ1n) is 9.86. The minimum absolute atomic E-state index is 0.0504. The molecule has 11 heteroatoms. The minimum atomic E-state index is -3.75. The van der Waals surface area contributed by atoms with Gasteiger partial charge in [0.05, 0.1) is 12.1 Å². The number of H-pyrrole nitrogens is 1. The molecule has 1 aliphatic rings. The van der Waals surface area contributed by atoms with Crippen LogP contribution in [0.2, 0.25) is 0 Å². The molecule has 1 aliphatic heterocycles. The summed E-state index contributed by atoms with van der Waals surface area (Å²) in [6.45, 7) is 7.28. The van der Waals surface area contributed by atoms with Gasteiger partial charge in [0.1, 0.15) is 0 Å². The summed E-state index contributed by atoms with van der Waals surface area (Å²) in [6.07, 6.45) is 0. The molecule has 4 heterocycles. The van der Waals surface area contributed by atoms with Gasteiger partial charge < -0.3 is 14.5 Å². The number of thiophene rings is 1. The zero-order valence-corrected chi connectivity index (χ0v) is 20.0. The van der Waals surface area contributed by atoms with Gasteiger partial charge in [0.15, 0.2) is 4.21 Å². The molecule has 0 saturated carbocycles. The van der Waals surface area contributed by atoms with Crippen molar-refractivity contribution in [3.8, 4) is 0 Å². The molecule has 166 valence electrons. The summed E-state index contributed by atoms with van der Waals surface area (Å²) >= 11 is 2.39. The maximum atomic E-state index is 13.2. The van der Waals surface area contributed by atoms with Crippen LogP contribution in [0.15, 0.2) is 32.6 Å². The average Bonchev–Trinajstić information content (AvgIpc) is 3.44. The van der Waals surface area contributed by atoms with Gasteiger partial charge in [-0.1, -0.05) is 17.4 Å². The Morgan fingerprint density at radius 1 is 1.16 bits per heavy atom. The van der Waals surface area contributed by atoms with Crippen LogP contribution in [0.25, 0.3) is 0 Å². The first-order valence-corrected chi connectivity index (χ1v) is 13.0.